The lowest BCUT2D eigenvalue weighted by molar-refractivity contribution is -0.384. The van der Waals surface area contributed by atoms with Crippen LogP contribution in [0.3, 0.4) is 0 Å². The SMILES string of the molecule is CC(C)(C)c1ccc(Nc2cc([N+](=O)[O-])cc(Cl)n2)cc1. The molecule has 6 heteroatoms. The van der Waals surface area contributed by atoms with E-state index in [-0.39, 0.29) is 16.3 Å². The second-order valence-electron chi connectivity index (χ2n) is 5.74. The van der Waals surface area contributed by atoms with E-state index in [1.165, 1.54) is 17.7 Å². The molecule has 5 nitrogen and oxygen atoms in total. The molecule has 0 atom stereocenters. The topological polar surface area (TPSA) is 68.1 Å². The Morgan fingerprint density at radius 1 is 1.19 bits per heavy atom. The number of anilines is 2. The zero-order valence-electron chi connectivity index (χ0n) is 12.1. The van der Waals surface area contributed by atoms with Gasteiger partial charge in [0.05, 0.1) is 17.1 Å². The van der Waals surface area contributed by atoms with Crippen molar-refractivity contribution in [2.24, 2.45) is 0 Å². The first kappa shape index (κ1) is 15.3. The summed E-state index contributed by atoms with van der Waals surface area (Å²) in [6, 6.07) is 10.4. The molecule has 0 unspecified atom stereocenters. The first-order valence-electron chi connectivity index (χ1n) is 6.45. The van der Waals surface area contributed by atoms with Gasteiger partial charge in [-0.2, -0.15) is 0 Å². The molecule has 1 aromatic carbocycles. The second-order valence-corrected chi connectivity index (χ2v) is 6.13. The number of rotatable bonds is 3. The molecule has 21 heavy (non-hydrogen) atoms. The normalized spacial score (nSPS) is 11.2. The third-order valence-electron chi connectivity index (χ3n) is 3.01. The molecule has 0 amide bonds. The Morgan fingerprint density at radius 2 is 1.81 bits per heavy atom. The summed E-state index contributed by atoms with van der Waals surface area (Å²) in [6.07, 6.45) is 0. The molecule has 0 bridgehead atoms. The maximum Gasteiger partial charge on any atom is 0.276 e. The van der Waals surface area contributed by atoms with Crippen molar-refractivity contribution in [1.29, 1.82) is 0 Å². The van der Waals surface area contributed by atoms with E-state index in [0.717, 1.165) is 5.69 Å². The van der Waals surface area contributed by atoms with Gasteiger partial charge < -0.3 is 5.32 Å². The van der Waals surface area contributed by atoms with Crippen molar-refractivity contribution in [2.75, 3.05) is 5.32 Å². The number of nitrogens with zero attached hydrogens (tertiary/aromatic N) is 2. The van der Waals surface area contributed by atoms with Crippen molar-refractivity contribution >= 4 is 28.8 Å². The zero-order chi connectivity index (χ0) is 15.6. The molecule has 2 aromatic rings. The minimum absolute atomic E-state index is 0.0750. The van der Waals surface area contributed by atoms with Crippen LogP contribution in [0, 0.1) is 10.1 Å². The fraction of sp³-hybridized carbons (Fsp3) is 0.267. The predicted molar refractivity (Wildman–Crippen MR) is 84.3 cm³/mol. The highest BCUT2D eigenvalue weighted by Crippen LogP contribution is 2.26. The van der Waals surface area contributed by atoms with Crippen molar-refractivity contribution in [2.45, 2.75) is 26.2 Å². The number of benzene rings is 1. The molecule has 1 N–H and O–H groups in total. The Morgan fingerprint density at radius 3 is 2.33 bits per heavy atom. The van der Waals surface area contributed by atoms with Crippen molar-refractivity contribution in [1.82, 2.24) is 4.98 Å². The third-order valence-corrected chi connectivity index (χ3v) is 3.21. The fourth-order valence-electron chi connectivity index (χ4n) is 1.85. The van der Waals surface area contributed by atoms with E-state index in [1.54, 1.807) is 0 Å². The lowest BCUT2D eigenvalue weighted by atomic mass is 9.87. The lowest BCUT2D eigenvalue weighted by Crippen LogP contribution is -2.10. The number of halogens is 1. The molecule has 0 fully saturated rings. The van der Waals surface area contributed by atoms with Gasteiger partial charge in [0.25, 0.3) is 5.69 Å². The van der Waals surface area contributed by atoms with E-state index in [9.17, 15) is 10.1 Å². The predicted octanol–water partition coefficient (Wildman–Crippen LogP) is 4.68. The molecule has 0 radical (unpaired) electrons. The summed E-state index contributed by atoms with van der Waals surface area (Å²) in [4.78, 5) is 14.3. The van der Waals surface area contributed by atoms with Gasteiger partial charge in [-0.15, -0.1) is 0 Å². The summed E-state index contributed by atoms with van der Waals surface area (Å²) in [6.45, 7) is 6.41. The zero-order valence-corrected chi connectivity index (χ0v) is 12.8. The van der Waals surface area contributed by atoms with Crippen LogP contribution >= 0.6 is 11.6 Å². The van der Waals surface area contributed by atoms with Crippen LogP contribution in [0.5, 0.6) is 0 Å². The second kappa shape index (κ2) is 5.69. The summed E-state index contributed by atoms with van der Waals surface area (Å²) >= 11 is 5.79. The molecule has 110 valence electrons. The van der Waals surface area contributed by atoms with E-state index in [1.807, 2.05) is 24.3 Å². The molecular weight excluding hydrogens is 290 g/mol. The Hall–Kier alpha value is -2.14. The maximum atomic E-state index is 10.8. The van der Waals surface area contributed by atoms with Gasteiger partial charge in [0.15, 0.2) is 0 Å². The summed E-state index contributed by atoms with van der Waals surface area (Å²) in [5.74, 6) is 0.345. The summed E-state index contributed by atoms with van der Waals surface area (Å²) in [5, 5.41) is 13.9. The molecule has 1 heterocycles. The van der Waals surface area contributed by atoms with Crippen molar-refractivity contribution in [3.8, 4) is 0 Å². The quantitative estimate of drug-likeness (QED) is 0.507. The first-order valence-corrected chi connectivity index (χ1v) is 6.83. The monoisotopic (exact) mass is 305 g/mol. The van der Waals surface area contributed by atoms with Crippen LogP contribution in [0.25, 0.3) is 0 Å². The molecule has 0 aliphatic heterocycles. The number of aromatic nitrogens is 1. The molecule has 0 saturated heterocycles. The van der Waals surface area contributed by atoms with Gasteiger partial charge >= 0.3 is 0 Å². The van der Waals surface area contributed by atoms with Gasteiger partial charge in [-0.1, -0.05) is 44.5 Å². The van der Waals surface area contributed by atoms with Gasteiger partial charge in [-0.25, -0.2) is 4.98 Å². The Balaban J connectivity index is 2.24. The van der Waals surface area contributed by atoms with Crippen LogP contribution in [0.4, 0.5) is 17.2 Å². The van der Waals surface area contributed by atoms with E-state index >= 15 is 0 Å². The van der Waals surface area contributed by atoms with Crippen molar-refractivity contribution in [3.05, 3.63) is 57.2 Å². The standard InChI is InChI=1S/C15H16ClN3O2/c1-15(2,3)10-4-6-11(7-5-10)17-14-9-12(19(20)21)8-13(16)18-14/h4-9H,1-3H3,(H,17,18). The van der Waals surface area contributed by atoms with E-state index in [4.69, 9.17) is 11.6 Å². The molecule has 2 rings (SSSR count). The smallest absolute Gasteiger partial charge is 0.276 e. The van der Waals surface area contributed by atoms with Gasteiger partial charge in [0.2, 0.25) is 0 Å². The van der Waals surface area contributed by atoms with Gasteiger partial charge in [0.1, 0.15) is 11.0 Å². The van der Waals surface area contributed by atoms with Crippen molar-refractivity contribution in [3.63, 3.8) is 0 Å². The molecule has 0 aliphatic carbocycles. The van der Waals surface area contributed by atoms with Crippen LogP contribution in [-0.4, -0.2) is 9.91 Å². The van der Waals surface area contributed by atoms with Crippen LogP contribution in [0.1, 0.15) is 26.3 Å². The number of nitrogens with one attached hydrogen (secondary N) is 1. The molecule has 0 spiro atoms. The lowest BCUT2D eigenvalue weighted by Gasteiger charge is -2.19. The van der Waals surface area contributed by atoms with Gasteiger partial charge in [-0.3, -0.25) is 10.1 Å². The number of hydrogen-bond acceptors (Lipinski definition) is 4. The summed E-state index contributed by atoms with van der Waals surface area (Å²) in [7, 11) is 0. The van der Waals surface area contributed by atoms with Crippen LogP contribution in [0.2, 0.25) is 5.15 Å². The largest absolute Gasteiger partial charge is 0.340 e. The van der Waals surface area contributed by atoms with Crippen molar-refractivity contribution < 1.29 is 4.92 Å². The molecule has 0 aliphatic rings. The Kier molecular flexibility index (Phi) is 4.14. The minimum Gasteiger partial charge on any atom is -0.340 e. The Labute approximate surface area is 128 Å². The first-order chi connectivity index (χ1) is 9.75. The molecular formula is C15H16ClN3O2. The minimum atomic E-state index is -0.499. The van der Waals surface area contributed by atoms with E-state index in [2.05, 4.69) is 31.1 Å². The fourth-order valence-corrected chi connectivity index (χ4v) is 2.06. The van der Waals surface area contributed by atoms with E-state index < -0.39 is 4.92 Å². The summed E-state index contributed by atoms with van der Waals surface area (Å²) in [5.41, 5.74) is 1.99. The average molecular weight is 306 g/mol. The van der Waals surface area contributed by atoms with Gasteiger partial charge in [-0.05, 0) is 23.1 Å². The van der Waals surface area contributed by atoms with Crippen LogP contribution < -0.4 is 5.32 Å². The number of nitro groups is 1. The van der Waals surface area contributed by atoms with Gasteiger partial charge in [0, 0.05) is 5.69 Å². The van der Waals surface area contributed by atoms with Crippen LogP contribution in [0.15, 0.2) is 36.4 Å². The van der Waals surface area contributed by atoms with Crippen LogP contribution in [-0.2, 0) is 5.41 Å². The average Bonchev–Trinajstić information content (AvgIpc) is 2.37. The maximum absolute atomic E-state index is 10.8. The third kappa shape index (κ3) is 3.92. The molecule has 1 aromatic heterocycles. The number of pyridine rings is 1. The Bertz CT molecular complexity index is 664. The molecule has 0 saturated carbocycles. The highest BCUT2D eigenvalue weighted by Gasteiger charge is 2.13. The van der Waals surface area contributed by atoms with E-state index in [0.29, 0.717) is 5.82 Å². The summed E-state index contributed by atoms with van der Waals surface area (Å²) < 4.78 is 0. The number of hydrogen-bond donors (Lipinski definition) is 1. The highest BCUT2D eigenvalue weighted by molar-refractivity contribution is 6.29. The highest BCUT2D eigenvalue weighted by atomic mass is 35.5.